The Balaban J connectivity index is 4.36. The molecular formula is C13H27N3O3. The second kappa shape index (κ2) is 7.99. The highest BCUT2D eigenvalue weighted by atomic mass is 16.4. The first-order chi connectivity index (χ1) is 8.73. The fourth-order valence-electron chi connectivity index (χ4n) is 1.78. The largest absolute Gasteiger partial charge is 0.480 e. The van der Waals surface area contributed by atoms with Gasteiger partial charge in [0, 0.05) is 13.6 Å². The van der Waals surface area contributed by atoms with Gasteiger partial charge < -0.3 is 20.2 Å². The number of amides is 2. The van der Waals surface area contributed by atoms with E-state index in [0.717, 1.165) is 13.0 Å². The molecule has 6 nitrogen and oxygen atoms in total. The van der Waals surface area contributed by atoms with Gasteiger partial charge in [-0.05, 0) is 40.4 Å². The monoisotopic (exact) mass is 273 g/mol. The first-order valence-corrected chi connectivity index (χ1v) is 6.64. The molecule has 0 bridgehead atoms. The van der Waals surface area contributed by atoms with Crippen LogP contribution in [-0.2, 0) is 4.79 Å². The van der Waals surface area contributed by atoms with E-state index in [1.165, 1.54) is 4.90 Å². The van der Waals surface area contributed by atoms with Crippen LogP contribution in [0.1, 0.15) is 33.1 Å². The Morgan fingerprint density at radius 1 is 1.21 bits per heavy atom. The molecule has 0 saturated heterocycles. The third-order valence-corrected chi connectivity index (χ3v) is 3.05. The molecule has 0 aromatic rings. The van der Waals surface area contributed by atoms with Gasteiger partial charge in [0.05, 0.1) is 0 Å². The van der Waals surface area contributed by atoms with Crippen molar-refractivity contribution in [3.8, 4) is 0 Å². The van der Waals surface area contributed by atoms with Gasteiger partial charge in [0.1, 0.15) is 5.54 Å². The Bertz CT molecular complexity index is 308. The standard InChI is InChI=1S/C13H27N3O3/c1-6-8-13(2,11(17)18)14-12(19)16(5)10-7-9-15(3)4/h6-10H2,1-5H3,(H,14,19)(H,17,18). The van der Waals surface area contributed by atoms with E-state index in [2.05, 4.69) is 5.32 Å². The van der Waals surface area contributed by atoms with Crippen LogP contribution in [0.2, 0.25) is 0 Å². The minimum absolute atomic E-state index is 0.336. The van der Waals surface area contributed by atoms with Crippen molar-refractivity contribution < 1.29 is 14.7 Å². The van der Waals surface area contributed by atoms with Crippen LogP contribution in [0, 0.1) is 0 Å². The number of urea groups is 1. The molecule has 19 heavy (non-hydrogen) atoms. The Kier molecular flexibility index (Phi) is 7.44. The number of carboxylic acid groups (broad SMARTS) is 1. The summed E-state index contributed by atoms with van der Waals surface area (Å²) in [5, 5.41) is 11.8. The summed E-state index contributed by atoms with van der Waals surface area (Å²) in [6, 6.07) is -0.336. The smallest absolute Gasteiger partial charge is 0.329 e. The highest BCUT2D eigenvalue weighted by Crippen LogP contribution is 2.13. The van der Waals surface area contributed by atoms with Gasteiger partial charge in [0.2, 0.25) is 0 Å². The molecule has 0 aliphatic carbocycles. The molecule has 0 aromatic heterocycles. The van der Waals surface area contributed by atoms with E-state index in [9.17, 15) is 14.7 Å². The second-order valence-electron chi connectivity index (χ2n) is 5.40. The van der Waals surface area contributed by atoms with Gasteiger partial charge in [-0.25, -0.2) is 9.59 Å². The number of carbonyl (C=O) groups excluding carboxylic acids is 1. The highest BCUT2D eigenvalue weighted by molar-refractivity contribution is 5.85. The molecule has 2 amide bonds. The molecule has 0 radical (unpaired) electrons. The van der Waals surface area contributed by atoms with E-state index < -0.39 is 11.5 Å². The van der Waals surface area contributed by atoms with Crippen LogP contribution in [0.25, 0.3) is 0 Å². The summed E-state index contributed by atoms with van der Waals surface area (Å²) < 4.78 is 0. The SMILES string of the molecule is CCCC(C)(NC(=O)N(C)CCCN(C)C)C(=O)O. The van der Waals surface area contributed by atoms with Crippen LogP contribution in [-0.4, -0.2) is 66.7 Å². The molecule has 112 valence electrons. The molecule has 0 heterocycles. The molecule has 0 spiro atoms. The molecule has 0 aliphatic heterocycles. The average Bonchev–Trinajstić information content (AvgIpc) is 2.28. The van der Waals surface area contributed by atoms with Gasteiger partial charge in [-0.2, -0.15) is 0 Å². The zero-order valence-corrected chi connectivity index (χ0v) is 12.7. The number of carbonyl (C=O) groups is 2. The van der Waals surface area contributed by atoms with Gasteiger partial charge in [0.15, 0.2) is 0 Å². The molecule has 0 rings (SSSR count). The lowest BCUT2D eigenvalue weighted by Crippen LogP contribution is -2.55. The summed E-state index contributed by atoms with van der Waals surface area (Å²) in [6.45, 7) is 4.94. The van der Waals surface area contributed by atoms with Crippen molar-refractivity contribution in [2.75, 3.05) is 34.2 Å². The second-order valence-corrected chi connectivity index (χ2v) is 5.40. The predicted molar refractivity (Wildman–Crippen MR) is 75.3 cm³/mol. The summed E-state index contributed by atoms with van der Waals surface area (Å²) in [6.07, 6.45) is 1.97. The molecule has 0 aliphatic rings. The van der Waals surface area contributed by atoms with E-state index in [1.807, 2.05) is 25.9 Å². The van der Waals surface area contributed by atoms with Crippen molar-refractivity contribution in [2.45, 2.75) is 38.6 Å². The minimum atomic E-state index is -1.19. The topological polar surface area (TPSA) is 72.9 Å². The molecule has 6 heteroatoms. The maximum absolute atomic E-state index is 12.0. The molecule has 1 unspecified atom stereocenters. The third-order valence-electron chi connectivity index (χ3n) is 3.05. The summed E-state index contributed by atoms with van der Waals surface area (Å²) in [4.78, 5) is 26.8. The maximum atomic E-state index is 12.0. The molecule has 0 fully saturated rings. The molecule has 1 atom stereocenters. The number of rotatable bonds is 8. The van der Waals surface area contributed by atoms with Gasteiger partial charge >= 0.3 is 12.0 Å². The first kappa shape index (κ1) is 17.7. The van der Waals surface area contributed by atoms with E-state index in [1.54, 1.807) is 14.0 Å². The van der Waals surface area contributed by atoms with Crippen LogP contribution in [0.3, 0.4) is 0 Å². The maximum Gasteiger partial charge on any atom is 0.329 e. The van der Waals surface area contributed by atoms with Crippen molar-refractivity contribution in [1.82, 2.24) is 15.1 Å². The van der Waals surface area contributed by atoms with E-state index in [4.69, 9.17) is 0 Å². The number of nitrogens with one attached hydrogen (secondary N) is 1. The van der Waals surface area contributed by atoms with Crippen LogP contribution >= 0.6 is 0 Å². The van der Waals surface area contributed by atoms with Crippen molar-refractivity contribution in [1.29, 1.82) is 0 Å². The van der Waals surface area contributed by atoms with Gasteiger partial charge in [-0.1, -0.05) is 13.3 Å². The summed E-state index contributed by atoms with van der Waals surface area (Å²) in [7, 11) is 5.63. The zero-order valence-electron chi connectivity index (χ0n) is 12.7. The van der Waals surface area contributed by atoms with Gasteiger partial charge in [0.25, 0.3) is 0 Å². The number of nitrogens with zero attached hydrogens (tertiary/aromatic N) is 2. The van der Waals surface area contributed by atoms with Crippen molar-refractivity contribution >= 4 is 12.0 Å². The fraction of sp³-hybridized carbons (Fsp3) is 0.846. The highest BCUT2D eigenvalue weighted by Gasteiger charge is 2.34. The quantitative estimate of drug-likeness (QED) is 0.697. The van der Waals surface area contributed by atoms with E-state index in [0.29, 0.717) is 19.4 Å². The van der Waals surface area contributed by atoms with Crippen molar-refractivity contribution in [3.63, 3.8) is 0 Å². The van der Waals surface area contributed by atoms with Gasteiger partial charge in [-0.15, -0.1) is 0 Å². The molecule has 0 aromatic carbocycles. The van der Waals surface area contributed by atoms with Crippen LogP contribution in [0.5, 0.6) is 0 Å². The first-order valence-electron chi connectivity index (χ1n) is 6.64. The van der Waals surface area contributed by atoms with Crippen LogP contribution in [0.4, 0.5) is 4.79 Å². The van der Waals surface area contributed by atoms with E-state index in [-0.39, 0.29) is 6.03 Å². The lowest BCUT2D eigenvalue weighted by atomic mass is 9.96. The average molecular weight is 273 g/mol. The number of hydrogen-bond donors (Lipinski definition) is 2. The lowest BCUT2D eigenvalue weighted by Gasteiger charge is -2.29. The zero-order chi connectivity index (χ0) is 15.1. The summed E-state index contributed by atoms with van der Waals surface area (Å²) >= 11 is 0. The molecule has 0 saturated carbocycles. The Morgan fingerprint density at radius 2 is 1.79 bits per heavy atom. The van der Waals surface area contributed by atoms with Crippen molar-refractivity contribution in [3.05, 3.63) is 0 Å². The number of aliphatic carboxylic acids is 1. The van der Waals surface area contributed by atoms with Gasteiger partial charge in [-0.3, -0.25) is 0 Å². The molecule has 2 N–H and O–H groups in total. The lowest BCUT2D eigenvalue weighted by molar-refractivity contribution is -0.144. The Morgan fingerprint density at radius 3 is 2.21 bits per heavy atom. The predicted octanol–water partition coefficient (Wildman–Crippen LogP) is 1.22. The normalized spacial score (nSPS) is 14.0. The summed E-state index contributed by atoms with van der Waals surface area (Å²) in [5.74, 6) is -0.996. The number of hydrogen-bond acceptors (Lipinski definition) is 3. The van der Waals surface area contributed by atoms with Crippen molar-refractivity contribution in [2.24, 2.45) is 0 Å². The minimum Gasteiger partial charge on any atom is -0.480 e. The van der Waals surface area contributed by atoms with E-state index >= 15 is 0 Å². The fourth-order valence-corrected chi connectivity index (χ4v) is 1.78. The van der Waals surface area contributed by atoms with Crippen LogP contribution in [0.15, 0.2) is 0 Å². The number of carboxylic acids is 1. The Labute approximate surface area is 115 Å². The van der Waals surface area contributed by atoms with Crippen LogP contribution < -0.4 is 5.32 Å². The Hall–Kier alpha value is -1.30. The summed E-state index contributed by atoms with van der Waals surface area (Å²) in [5.41, 5.74) is -1.19. The molecular weight excluding hydrogens is 246 g/mol. The third kappa shape index (κ3) is 6.42.